The maximum atomic E-state index is 13.8. The number of benzene rings is 2. The first kappa shape index (κ1) is 28.8. The van der Waals surface area contributed by atoms with Crippen molar-refractivity contribution >= 4 is 45.1 Å². The first-order valence-corrected chi connectivity index (χ1v) is 14.7. The van der Waals surface area contributed by atoms with Crippen LogP contribution in [0.15, 0.2) is 61.1 Å². The van der Waals surface area contributed by atoms with Crippen LogP contribution in [0.25, 0.3) is 32.9 Å². The van der Waals surface area contributed by atoms with Crippen LogP contribution < -0.4 is 9.64 Å². The van der Waals surface area contributed by atoms with Crippen LogP contribution in [0.5, 0.6) is 6.01 Å². The summed E-state index contributed by atoms with van der Waals surface area (Å²) in [7, 11) is 2.08. The van der Waals surface area contributed by atoms with Gasteiger partial charge in [-0.2, -0.15) is 15.2 Å². The summed E-state index contributed by atoms with van der Waals surface area (Å²) in [6.07, 6.45) is 3.97. The number of rotatable bonds is 7. The molecular formula is C32H31ClFN7O2. The monoisotopic (exact) mass is 599 g/mol. The number of amides is 1. The Balaban J connectivity index is 1.41. The summed E-state index contributed by atoms with van der Waals surface area (Å²) in [4.78, 5) is 32.5. The van der Waals surface area contributed by atoms with Gasteiger partial charge < -0.3 is 19.4 Å². The second-order valence-corrected chi connectivity index (χ2v) is 11.4. The molecule has 2 fully saturated rings. The fourth-order valence-electron chi connectivity index (χ4n) is 6.06. The Hall–Kier alpha value is -4.33. The lowest BCUT2D eigenvalue weighted by Gasteiger charge is -2.41. The third kappa shape index (κ3) is 5.70. The maximum Gasteiger partial charge on any atom is 0.319 e. The summed E-state index contributed by atoms with van der Waals surface area (Å²) in [5.41, 5.74) is 2.93. The van der Waals surface area contributed by atoms with Crippen molar-refractivity contribution in [3.63, 3.8) is 0 Å². The van der Waals surface area contributed by atoms with Crippen molar-refractivity contribution in [3.05, 3.63) is 66.1 Å². The van der Waals surface area contributed by atoms with Crippen molar-refractivity contribution < 1.29 is 13.9 Å². The molecule has 0 saturated carbocycles. The van der Waals surface area contributed by atoms with Crippen LogP contribution in [0, 0.1) is 11.3 Å². The van der Waals surface area contributed by atoms with Crippen LogP contribution in [0.4, 0.5) is 10.2 Å². The summed E-state index contributed by atoms with van der Waals surface area (Å²) in [5, 5.41) is 12.1. The van der Waals surface area contributed by atoms with E-state index in [0.29, 0.717) is 35.0 Å². The van der Waals surface area contributed by atoms with E-state index in [0.717, 1.165) is 41.3 Å². The molecule has 1 amide bonds. The van der Waals surface area contributed by atoms with E-state index >= 15 is 0 Å². The number of hydrogen-bond acceptors (Lipinski definition) is 8. The predicted octanol–water partition coefficient (Wildman–Crippen LogP) is 5.39. The van der Waals surface area contributed by atoms with Crippen LogP contribution in [0.1, 0.15) is 19.3 Å². The smallest absolute Gasteiger partial charge is 0.319 e. The largest absolute Gasteiger partial charge is 0.462 e. The van der Waals surface area contributed by atoms with Crippen molar-refractivity contribution in [3.8, 4) is 23.2 Å². The summed E-state index contributed by atoms with van der Waals surface area (Å²) in [5.74, 6) is -1.30. The summed E-state index contributed by atoms with van der Waals surface area (Å²) in [6, 6.07) is 15.9. The number of likely N-dealkylation sites (N-methyl/N-ethyl adjacent to an activating group) is 1. The molecule has 0 radical (unpaired) electrons. The second kappa shape index (κ2) is 12.1. The average Bonchev–Trinajstić information content (AvgIpc) is 3.43. The third-order valence-corrected chi connectivity index (χ3v) is 8.66. The second-order valence-electron chi connectivity index (χ2n) is 11.0. The number of carbonyl (C=O) groups is 1. The number of hydrogen-bond donors (Lipinski definition) is 0. The van der Waals surface area contributed by atoms with Crippen LogP contribution >= 0.6 is 11.6 Å². The zero-order chi connectivity index (χ0) is 30.1. The van der Waals surface area contributed by atoms with Crippen molar-refractivity contribution in [1.82, 2.24) is 24.8 Å². The minimum atomic E-state index is -1.04. The molecule has 0 N–H and O–H groups in total. The lowest BCUT2D eigenvalue weighted by atomic mass is 9.99. The molecule has 4 aromatic rings. The van der Waals surface area contributed by atoms with E-state index in [1.54, 1.807) is 6.20 Å². The van der Waals surface area contributed by atoms with E-state index in [2.05, 4.69) is 24.6 Å². The molecule has 4 heterocycles. The fourth-order valence-corrected chi connectivity index (χ4v) is 6.35. The average molecular weight is 600 g/mol. The van der Waals surface area contributed by atoms with Gasteiger partial charge in [0.05, 0.1) is 24.0 Å². The zero-order valence-corrected chi connectivity index (χ0v) is 24.6. The topological polar surface area (TPSA) is 98.5 Å². The Labute approximate surface area is 254 Å². The minimum absolute atomic E-state index is 0.0370. The Morgan fingerprint density at radius 3 is 2.74 bits per heavy atom. The van der Waals surface area contributed by atoms with Gasteiger partial charge in [0.2, 0.25) is 0 Å². The molecule has 0 bridgehead atoms. The Morgan fingerprint density at radius 2 is 2.00 bits per heavy atom. The van der Waals surface area contributed by atoms with Crippen molar-refractivity contribution in [2.75, 3.05) is 44.7 Å². The third-order valence-electron chi connectivity index (χ3n) is 8.34. The van der Waals surface area contributed by atoms with Gasteiger partial charge in [0, 0.05) is 47.8 Å². The van der Waals surface area contributed by atoms with Gasteiger partial charge >= 0.3 is 6.01 Å². The van der Waals surface area contributed by atoms with Gasteiger partial charge in [-0.05, 0) is 49.5 Å². The van der Waals surface area contributed by atoms with E-state index in [-0.39, 0.29) is 31.6 Å². The Bertz CT molecular complexity index is 1750. The van der Waals surface area contributed by atoms with Crippen molar-refractivity contribution in [2.24, 2.45) is 0 Å². The molecule has 2 aromatic carbocycles. The van der Waals surface area contributed by atoms with Crippen molar-refractivity contribution in [2.45, 2.75) is 31.3 Å². The van der Waals surface area contributed by atoms with E-state index in [1.165, 1.54) is 4.90 Å². The predicted molar refractivity (Wildman–Crippen MR) is 165 cm³/mol. The molecule has 0 aliphatic carbocycles. The molecule has 2 saturated heterocycles. The SMILES string of the molecule is C=C(F)C(=O)N1CCN(c2nc(OCC3CCCN3C)nc3cc(-c4cccc5cccc(Cl)c45)cnc23)CC1CC#N. The number of ether oxygens (including phenoxy) is 1. The molecule has 2 atom stereocenters. The highest BCUT2D eigenvalue weighted by Gasteiger charge is 2.33. The highest BCUT2D eigenvalue weighted by molar-refractivity contribution is 6.36. The van der Waals surface area contributed by atoms with Gasteiger partial charge in [0.25, 0.3) is 5.91 Å². The number of nitrogens with zero attached hydrogens (tertiary/aromatic N) is 7. The number of piperazine rings is 1. The molecular weight excluding hydrogens is 569 g/mol. The molecule has 43 heavy (non-hydrogen) atoms. The molecule has 0 spiro atoms. The lowest BCUT2D eigenvalue weighted by molar-refractivity contribution is -0.131. The number of nitriles is 1. The van der Waals surface area contributed by atoms with Gasteiger partial charge in [-0.1, -0.05) is 48.5 Å². The van der Waals surface area contributed by atoms with E-state index in [9.17, 15) is 14.4 Å². The number of likely N-dealkylation sites (tertiary alicyclic amines) is 1. The fraction of sp³-hybridized carbons (Fsp3) is 0.344. The quantitative estimate of drug-likeness (QED) is 0.261. The normalized spacial score (nSPS) is 19.1. The van der Waals surface area contributed by atoms with Gasteiger partial charge in [-0.25, -0.2) is 4.39 Å². The molecule has 220 valence electrons. The number of fused-ring (bicyclic) bond motifs is 2. The van der Waals surface area contributed by atoms with E-state index < -0.39 is 17.8 Å². The lowest BCUT2D eigenvalue weighted by Crippen LogP contribution is -2.55. The van der Waals surface area contributed by atoms with Crippen LogP contribution in [0.3, 0.4) is 0 Å². The van der Waals surface area contributed by atoms with Gasteiger partial charge in [-0.15, -0.1) is 0 Å². The summed E-state index contributed by atoms with van der Waals surface area (Å²) >= 11 is 6.63. The molecule has 11 heteroatoms. The van der Waals surface area contributed by atoms with Gasteiger partial charge in [0.15, 0.2) is 11.6 Å². The number of halogens is 2. The number of aromatic nitrogens is 3. The number of pyridine rings is 1. The van der Waals surface area contributed by atoms with E-state index in [4.69, 9.17) is 31.3 Å². The first-order chi connectivity index (χ1) is 20.8. The Kier molecular flexibility index (Phi) is 8.10. The Morgan fingerprint density at radius 1 is 1.19 bits per heavy atom. The molecule has 6 rings (SSSR count). The van der Waals surface area contributed by atoms with Gasteiger partial charge in [0.1, 0.15) is 12.1 Å². The van der Waals surface area contributed by atoms with Crippen molar-refractivity contribution in [1.29, 1.82) is 5.26 Å². The zero-order valence-electron chi connectivity index (χ0n) is 23.8. The summed E-state index contributed by atoms with van der Waals surface area (Å²) < 4.78 is 20.0. The van der Waals surface area contributed by atoms with Crippen LogP contribution in [0.2, 0.25) is 5.02 Å². The molecule has 2 aromatic heterocycles. The first-order valence-electron chi connectivity index (χ1n) is 14.3. The highest BCUT2D eigenvalue weighted by Crippen LogP contribution is 2.36. The highest BCUT2D eigenvalue weighted by atomic mass is 35.5. The minimum Gasteiger partial charge on any atom is -0.462 e. The molecule has 2 aliphatic heterocycles. The van der Waals surface area contributed by atoms with Crippen LogP contribution in [-0.4, -0.2) is 82.6 Å². The van der Waals surface area contributed by atoms with E-state index in [1.807, 2.05) is 47.4 Å². The van der Waals surface area contributed by atoms with Gasteiger partial charge in [-0.3, -0.25) is 9.78 Å². The standard InChI is InChI=1S/C32H31ClFN7O2/c1-20(34)31(42)41-15-14-40(18-23(41)11-12-35)30-29-27(37-32(38-30)43-19-24-8-5-13-39(24)2)16-22(17-36-29)25-9-3-6-21-7-4-10-26(33)28(21)25/h3-4,6-7,9-10,16-17,23-24H,1,5,8,11,13-15,18-19H2,2H3. The maximum absolute atomic E-state index is 13.8. The molecule has 2 unspecified atom stereocenters. The number of carbonyl (C=O) groups excluding carboxylic acids is 1. The molecule has 9 nitrogen and oxygen atoms in total. The molecule has 2 aliphatic rings. The number of anilines is 1. The van der Waals surface area contributed by atoms with Crippen LogP contribution in [-0.2, 0) is 4.79 Å². The summed E-state index contributed by atoms with van der Waals surface area (Å²) in [6.45, 7) is 5.46.